The van der Waals surface area contributed by atoms with Crippen molar-refractivity contribution in [3.8, 4) is 11.5 Å². The second-order valence-electron chi connectivity index (χ2n) is 19.0. The number of hydrogen-bond donors (Lipinski definition) is 14. The van der Waals surface area contributed by atoms with Crippen molar-refractivity contribution in [3.63, 3.8) is 0 Å². The monoisotopic (exact) mass is 1010 g/mol. The summed E-state index contributed by atoms with van der Waals surface area (Å²) in [5, 5.41) is 58.4. The molecular formula is C49H77N11O12. The van der Waals surface area contributed by atoms with Crippen LogP contribution in [0.15, 0.2) is 53.5 Å². The van der Waals surface area contributed by atoms with Gasteiger partial charge in [-0.25, -0.2) is 4.79 Å². The number of amides is 7. The van der Waals surface area contributed by atoms with Gasteiger partial charge in [-0.15, -0.1) is 0 Å². The molecule has 0 aromatic heterocycles. The van der Waals surface area contributed by atoms with E-state index in [4.69, 9.17) is 17.2 Å². The Hall–Kier alpha value is -7.01. The normalized spacial score (nSPS) is 15.4. The molecule has 0 aliphatic rings. The van der Waals surface area contributed by atoms with Crippen LogP contribution in [-0.4, -0.2) is 135 Å². The number of aliphatic imine (C=N–C) groups is 1. The van der Waals surface area contributed by atoms with E-state index in [-0.39, 0.29) is 67.9 Å². The van der Waals surface area contributed by atoms with Gasteiger partial charge in [0, 0.05) is 19.4 Å². The maximum Gasteiger partial charge on any atom is 0.326 e. The molecular weight excluding hydrogens is 935 g/mol. The van der Waals surface area contributed by atoms with E-state index >= 15 is 0 Å². The minimum Gasteiger partial charge on any atom is -0.508 e. The number of hydrogen-bond acceptors (Lipinski definition) is 13. The number of nitrogens with two attached hydrogens (primary N) is 3. The fraction of sp³-hybridized carbons (Fsp3) is 0.571. The number of aromatic hydroxyl groups is 2. The van der Waals surface area contributed by atoms with Gasteiger partial charge in [0.25, 0.3) is 0 Å². The van der Waals surface area contributed by atoms with E-state index in [2.05, 4.69) is 42.2 Å². The van der Waals surface area contributed by atoms with E-state index in [9.17, 15) is 58.8 Å². The number of benzene rings is 2. The Kier molecular flexibility index (Phi) is 25.5. The molecule has 0 radical (unpaired) electrons. The number of nitrogens with zero attached hydrogens (tertiary/aromatic N) is 1. The first-order valence-electron chi connectivity index (χ1n) is 24.1. The standard InChI is InChI=1S/C49H77N11O12/c1-9-27(6)39(59-42(65)34(50)21-25(2)3)46(69)60-40(29(8)61)47(70)57-36(23-30-12-16-32(62)17-13-30)44(67)54-28(7)41(64)56-37(24-31-14-18-33(63)19-15-31)45(68)55-35(11-10-20-53-49(51)52)43(66)58-38(48(71)72)22-26(4)5/h12-19,25-29,34-40,61-63H,9-11,20-24,50H2,1-8H3,(H,54,67)(H,55,68)(H,56,64)(H,57,70)(H,58,66)(H,59,65)(H,60,69)(H,71,72)(H4,51,52,53)/t27-,28-,29+,34-,35-,36-,37-,38-,39-,40-/m0/s1. The molecule has 0 heterocycles. The molecule has 0 unspecified atom stereocenters. The fourth-order valence-electron chi connectivity index (χ4n) is 7.33. The smallest absolute Gasteiger partial charge is 0.326 e. The van der Waals surface area contributed by atoms with E-state index in [0.717, 1.165) is 0 Å². The number of carboxylic acids is 1. The highest BCUT2D eigenvalue weighted by molar-refractivity contribution is 5.98. The van der Waals surface area contributed by atoms with Crippen molar-refractivity contribution >= 4 is 53.3 Å². The van der Waals surface area contributed by atoms with Crippen molar-refractivity contribution in [2.75, 3.05) is 6.54 Å². The predicted molar refractivity (Wildman–Crippen MR) is 268 cm³/mol. The van der Waals surface area contributed by atoms with Gasteiger partial charge < -0.3 is 74.8 Å². The first-order chi connectivity index (χ1) is 33.7. The number of aliphatic hydroxyl groups is 1. The van der Waals surface area contributed by atoms with Crippen LogP contribution in [0.1, 0.15) is 98.6 Å². The zero-order chi connectivity index (χ0) is 54.4. The Morgan fingerprint density at radius 2 is 0.986 bits per heavy atom. The lowest BCUT2D eigenvalue weighted by molar-refractivity contribution is -0.143. The van der Waals surface area contributed by atoms with Crippen LogP contribution < -0.4 is 54.4 Å². The Labute approximate surface area is 420 Å². The first kappa shape index (κ1) is 61.1. The quantitative estimate of drug-likeness (QED) is 0.0261. The van der Waals surface area contributed by atoms with Gasteiger partial charge in [0.15, 0.2) is 5.96 Å². The van der Waals surface area contributed by atoms with Crippen molar-refractivity contribution in [2.24, 2.45) is 39.9 Å². The molecule has 0 fully saturated rings. The number of phenolic OH excluding ortho intramolecular Hbond substituents is 2. The molecule has 0 spiro atoms. The number of rotatable bonds is 30. The van der Waals surface area contributed by atoms with Crippen molar-refractivity contribution in [2.45, 2.75) is 155 Å². The van der Waals surface area contributed by atoms with Crippen LogP contribution in [-0.2, 0) is 51.2 Å². The SMILES string of the molecule is CC[C@H](C)[C@H](NC(=O)[C@@H](N)CC(C)C)C(=O)N[C@H](C(=O)N[C@@H](Cc1ccc(O)cc1)C(=O)N[C@@H](C)C(=O)N[C@@H](Cc1ccc(O)cc1)C(=O)N[C@@H](CCCN=C(N)N)C(=O)N[C@@H](CC(C)C)C(=O)O)[C@@H](C)O. The molecule has 7 amide bonds. The highest BCUT2D eigenvalue weighted by atomic mass is 16.4. The first-order valence-corrected chi connectivity index (χ1v) is 24.1. The average Bonchev–Trinajstić information content (AvgIpc) is 3.30. The molecule has 2 rings (SSSR count). The lowest BCUT2D eigenvalue weighted by Gasteiger charge is -2.29. The summed E-state index contributed by atoms with van der Waals surface area (Å²) in [6.07, 6.45) is -0.928. The molecule has 2 aromatic carbocycles. The lowest BCUT2D eigenvalue weighted by atomic mass is 9.96. The fourth-order valence-corrected chi connectivity index (χ4v) is 7.33. The number of guanidine groups is 1. The molecule has 23 heteroatoms. The second kappa shape index (κ2) is 30.0. The summed E-state index contributed by atoms with van der Waals surface area (Å²) in [5.74, 6) is -7.98. The van der Waals surface area contributed by atoms with Gasteiger partial charge >= 0.3 is 5.97 Å². The molecule has 0 saturated heterocycles. The zero-order valence-corrected chi connectivity index (χ0v) is 42.4. The van der Waals surface area contributed by atoms with Gasteiger partial charge in [-0.2, -0.15) is 0 Å². The van der Waals surface area contributed by atoms with Crippen LogP contribution in [0.25, 0.3) is 0 Å². The summed E-state index contributed by atoms with van der Waals surface area (Å²) in [6, 6.07) is 0.752. The van der Waals surface area contributed by atoms with Crippen LogP contribution in [0, 0.1) is 17.8 Å². The summed E-state index contributed by atoms with van der Waals surface area (Å²) in [5.41, 5.74) is 17.9. The molecule has 400 valence electrons. The topological polar surface area (TPSA) is 392 Å². The molecule has 0 saturated carbocycles. The van der Waals surface area contributed by atoms with Crippen LogP contribution in [0.4, 0.5) is 0 Å². The minimum atomic E-state index is -1.65. The number of carbonyl (C=O) groups excluding carboxylic acids is 7. The number of aliphatic hydroxyl groups excluding tert-OH is 1. The third-order valence-electron chi connectivity index (χ3n) is 11.6. The van der Waals surface area contributed by atoms with Gasteiger partial charge in [0.2, 0.25) is 41.4 Å². The summed E-state index contributed by atoms with van der Waals surface area (Å²) < 4.78 is 0. The Balaban J connectivity index is 2.45. The molecule has 0 bridgehead atoms. The molecule has 2 aromatic rings. The van der Waals surface area contributed by atoms with Gasteiger partial charge in [0.05, 0.1) is 12.1 Å². The molecule has 0 aliphatic heterocycles. The van der Waals surface area contributed by atoms with Gasteiger partial charge in [-0.05, 0) is 92.7 Å². The Morgan fingerprint density at radius 3 is 1.44 bits per heavy atom. The van der Waals surface area contributed by atoms with E-state index in [1.54, 1.807) is 27.7 Å². The van der Waals surface area contributed by atoms with Crippen molar-refractivity contribution in [3.05, 3.63) is 59.7 Å². The summed E-state index contributed by atoms with van der Waals surface area (Å²) in [4.78, 5) is 113. The van der Waals surface area contributed by atoms with Crippen LogP contribution in [0.5, 0.6) is 11.5 Å². The van der Waals surface area contributed by atoms with Crippen LogP contribution in [0.2, 0.25) is 0 Å². The van der Waals surface area contributed by atoms with E-state index in [1.165, 1.54) is 62.4 Å². The zero-order valence-electron chi connectivity index (χ0n) is 42.4. The summed E-state index contributed by atoms with van der Waals surface area (Å²) in [7, 11) is 0. The van der Waals surface area contributed by atoms with Gasteiger partial charge in [0.1, 0.15) is 53.8 Å². The van der Waals surface area contributed by atoms with Gasteiger partial charge in [-0.1, -0.05) is 72.2 Å². The van der Waals surface area contributed by atoms with E-state index in [1.807, 2.05) is 13.8 Å². The number of carbonyl (C=O) groups is 8. The Morgan fingerprint density at radius 1 is 0.556 bits per heavy atom. The number of nitrogens with one attached hydrogen (secondary N) is 7. The molecule has 0 aliphatic carbocycles. The summed E-state index contributed by atoms with van der Waals surface area (Å²) in [6.45, 7) is 13.5. The summed E-state index contributed by atoms with van der Waals surface area (Å²) >= 11 is 0. The van der Waals surface area contributed by atoms with Crippen molar-refractivity contribution in [1.82, 2.24) is 37.2 Å². The van der Waals surface area contributed by atoms with Crippen LogP contribution >= 0.6 is 0 Å². The van der Waals surface area contributed by atoms with E-state index < -0.39 is 108 Å². The largest absolute Gasteiger partial charge is 0.508 e. The number of carboxylic acid groups (broad SMARTS) is 1. The minimum absolute atomic E-state index is 0.0510. The third-order valence-corrected chi connectivity index (χ3v) is 11.6. The molecule has 72 heavy (non-hydrogen) atoms. The average molecular weight is 1010 g/mol. The highest BCUT2D eigenvalue weighted by Crippen LogP contribution is 2.16. The maximum atomic E-state index is 14.1. The maximum absolute atomic E-state index is 14.1. The molecule has 10 atom stereocenters. The predicted octanol–water partition coefficient (Wildman–Crippen LogP) is -0.719. The third kappa shape index (κ3) is 21.5. The van der Waals surface area contributed by atoms with Gasteiger partial charge in [-0.3, -0.25) is 38.6 Å². The number of aliphatic carboxylic acids is 1. The highest BCUT2D eigenvalue weighted by Gasteiger charge is 2.36. The van der Waals surface area contributed by atoms with Crippen molar-refractivity contribution < 1.29 is 58.8 Å². The number of phenols is 2. The van der Waals surface area contributed by atoms with Crippen molar-refractivity contribution in [1.29, 1.82) is 0 Å². The van der Waals surface area contributed by atoms with Crippen LogP contribution in [0.3, 0.4) is 0 Å². The van der Waals surface area contributed by atoms with E-state index in [0.29, 0.717) is 24.0 Å². The lowest BCUT2D eigenvalue weighted by Crippen LogP contribution is -2.62. The second-order valence-corrected chi connectivity index (χ2v) is 19.0. The molecule has 23 nitrogen and oxygen atoms in total. The molecule has 17 N–H and O–H groups in total. The Bertz CT molecular complexity index is 2150.